The highest BCUT2D eigenvalue weighted by molar-refractivity contribution is 9.10. The molecule has 21 heavy (non-hydrogen) atoms. The maximum Gasteiger partial charge on any atom is 0.255 e. The first-order valence-corrected chi connectivity index (χ1v) is 7.26. The van der Waals surface area contributed by atoms with Gasteiger partial charge in [0, 0.05) is 15.6 Å². The van der Waals surface area contributed by atoms with Crippen LogP contribution in [0.5, 0.6) is 0 Å². The molecule has 0 fully saturated rings. The average molecular weight is 367 g/mol. The van der Waals surface area contributed by atoms with E-state index in [1.807, 2.05) is 13.0 Å². The number of thiocarbonyl (C=S) groups is 1. The molecule has 2 rings (SSSR count). The first-order chi connectivity index (χ1) is 9.90. The van der Waals surface area contributed by atoms with Crippen molar-refractivity contribution in [1.82, 2.24) is 0 Å². The van der Waals surface area contributed by atoms with Gasteiger partial charge in [0.15, 0.2) is 0 Å². The van der Waals surface area contributed by atoms with Crippen LogP contribution >= 0.6 is 28.1 Å². The maximum atomic E-state index is 13.3. The number of hydrogen-bond donors (Lipinski definition) is 2. The molecule has 2 aromatic carbocycles. The SMILES string of the molecule is Cc1c(Br)cccc1C(=O)Nc1ccc(F)cc1C(N)=S. The lowest BCUT2D eigenvalue weighted by Gasteiger charge is -2.12. The molecule has 0 aliphatic carbocycles. The summed E-state index contributed by atoms with van der Waals surface area (Å²) in [5, 5.41) is 2.71. The minimum Gasteiger partial charge on any atom is -0.389 e. The van der Waals surface area contributed by atoms with Crippen LogP contribution in [0.2, 0.25) is 0 Å². The summed E-state index contributed by atoms with van der Waals surface area (Å²) in [6.45, 7) is 1.83. The molecule has 0 aliphatic heterocycles. The Morgan fingerprint density at radius 3 is 2.67 bits per heavy atom. The highest BCUT2D eigenvalue weighted by Crippen LogP contribution is 2.22. The van der Waals surface area contributed by atoms with Crippen LogP contribution in [0, 0.1) is 12.7 Å². The van der Waals surface area contributed by atoms with Gasteiger partial charge in [-0.3, -0.25) is 4.79 Å². The smallest absolute Gasteiger partial charge is 0.255 e. The van der Waals surface area contributed by atoms with Crippen molar-refractivity contribution in [3.8, 4) is 0 Å². The zero-order chi connectivity index (χ0) is 15.6. The molecule has 0 unspecified atom stereocenters. The number of rotatable bonds is 3. The first-order valence-electron chi connectivity index (χ1n) is 6.06. The average Bonchev–Trinajstić information content (AvgIpc) is 2.43. The molecule has 3 N–H and O–H groups in total. The molecule has 3 nitrogen and oxygen atoms in total. The Bertz CT molecular complexity index is 734. The Hall–Kier alpha value is -1.79. The van der Waals surface area contributed by atoms with Crippen molar-refractivity contribution < 1.29 is 9.18 Å². The molecule has 0 bridgehead atoms. The van der Waals surface area contributed by atoms with E-state index in [0.717, 1.165) is 10.0 Å². The fraction of sp³-hybridized carbons (Fsp3) is 0.0667. The molecule has 0 aliphatic rings. The van der Waals surface area contributed by atoms with Gasteiger partial charge in [-0.2, -0.15) is 0 Å². The molecule has 0 saturated heterocycles. The van der Waals surface area contributed by atoms with Crippen molar-refractivity contribution >= 4 is 44.7 Å². The largest absolute Gasteiger partial charge is 0.389 e. The Morgan fingerprint density at radius 1 is 1.29 bits per heavy atom. The van der Waals surface area contributed by atoms with Gasteiger partial charge in [0.05, 0.1) is 5.69 Å². The first kappa shape index (κ1) is 15.6. The van der Waals surface area contributed by atoms with Gasteiger partial charge < -0.3 is 11.1 Å². The standard InChI is InChI=1S/C15H12BrFN2OS/c1-8-10(3-2-4-12(8)16)15(20)19-13-6-5-9(17)7-11(13)14(18)21/h2-7H,1H3,(H2,18,21)(H,19,20). The van der Waals surface area contributed by atoms with E-state index in [2.05, 4.69) is 21.2 Å². The molecular formula is C15H12BrFN2OS. The summed E-state index contributed by atoms with van der Waals surface area (Å²) in [7, 11) is 0. The second-order valence-electron chi connectivity index (χ2n) is 4.42. The van der Waals surface area contributed by atoms with Crippen LogP contribution in [-0.4, -0.2) is 10.9 Å². The molecular weight excluding hydrogens is 355 g/mol. The molecule has 2 aromatic rings. The van der Waals surface area contributed by atoms with E-state index in [1.54, 1.807) is 12.1 Å². The predicted molar refractivity (Wildman–Crippen MR) is 89.1 cm³/mol. The number of nitrogens with two attached hydrogens (primary N) is 1. The van der Waals surface area contributed by atoms with Crippen LogP contribution in [-0.2, 0) is 0 Å². The molecule has 0 heterocycles. The van der Waals surface area contributed by atoms with Crippen LogP contribution < -0.4 is 11.1 Å². The number of nitrogens with one attached hydrogen (secondary N) is 1. The highest BCUT2D eigenvalue weighted by Gasteiger charge is 2.14. The Labute approximate surface area is 135 Å². The van der Waals surface area contributed by atoms with Crippen molar-refractivity contribution in [2.75, 3.05) is 5.32 Å². The molecule has 6 heteroatoms. The summed E-state index contributed by atoms with van der Waals surface area (Å²) in [6, 6.07) is 9.21. The fourth-order valence-corrected chi connectivity index (χ4v) is 2.41. The lowest BCUT2D eigenvalue weighted by atomic mass is 10.1. The van der Waals surface area contributed by atoms with Crippen LogP contribution in [0.1, 0.15) is 21.5 Å². The Kier molecular flexibility index (Phi) is 4.69. The normalized spacial score (nSPS) is 10.2. The number of halogens is 2. The molecule has 0 spiro atoms. The second-order valence-corrected chi connectivity index (χ2v) is 5.71. The number of carbonyl (C=O) groups is 1. The maximum absolute atomic E-state index is 13.3. The molecule has 108 valence electrons. The lowest BCUT2D eigenvalue weighted by molar-refractivity contribution is 0.102. The quantitative estimate of drug-likeness (QED) is 0.812. The number of hydrogen-bond acceptors (Lipinski definition) is 2. The van der Waals surface area contributed by atoms with Gasteiger partial charge in [0.2, 0.25) is 0 Å². The Morgan fingerprint density at radius 2 is 2.00 bits per heavy atom. The monoisotopic (exact) mass is 366 g/mol. The van der Waals surface area contributed by atoms with Crippen LogP contribution in [0.3, 0.4) is 0 Å². The second kappa shape index (κ2) is 6.32. The van der Waals surface area contributed by atoms with E-state index in [0.29, 0.717) is 16.8 Å². The molecule has 1 amide bonds. The minimum atomic E-state index is -0.463. The summed E-state index contributed by atoms with van der Waals surface area (Å²) >= 11 is 8.25. The van der Waals surface area contributed by atoms with E-state index in [-0.39, 0.29) is 10.9 Å². The van der Waals surface area contributed by atoms with Crippen molar-refractivity contribution in [2.24, 2.45) is 5.73 Å². The van der Waals surface area contributed by atoms with E-state index >= 15 is 0 Å². The van der Waals surface area contributed by atoms with Gasteiger partial charge in [-0.15, -0.1) is 0 Å². The number of anilines is 1. The third-order valence-corrected chi connectivity index (χ3v) is 4.09. The predicted octanol–water partition coefficient (Wildman–Crippen LogP) is 3.78. The van der Waals surface area contributed by atoms with E-state index < -0.39 is 5.82 Å². The molecule has 0 saturated carbocycles. The molecule has 0 aromatic heterocycles. The van der Waals surface area contributed by atoms with Gasteiger partial charge in [-0.25, -0.2) is 4.39 Å². The van der Waals surface area contributed by atoms with Crippen LogP contribution in [0.15, 0.2) is 40.9 Å². The molecule has 0 atom stereocenters. The van der Waals surface area contributed by atoms with Crippen molar-refractivity contribution in [2.45, 2.75) is 6.92 Å². The Balaban J connectivity index is 2.36. The van der Waals surface area contributed by atoms with Gasteiger partial charge in [0.1, 0.15) is 10.8 Å². The van der Waals surface area contributed by atoms with Gasteiger partial charge in [-0.05, 0) is 42.8 Å². The van der Waals surface area contributed by atoms with Crippen molar-refractivity contribution in [3.63, 3.8) is 0 Å². The number of benzene rings is 2. The van der Waals surface area contributed by atoms with E-state index in [1.165, 1.54) is 18.2 Å². The fourth-order valence-electron chi connectivity index (χ4n) is 1.87. The minimum absolute atomic E-state index is 0.0239. The molecule has 0 radical (unpaired) electrons. The van der Waals surface area contributed by atoms with E-state index in [9.17, 15) is 9.18 Å². The summed E-state index contributed by atoms with van der Waals surface area (Å²) in [5.74, 6) is -0.771. The summed E-state index contributed by atoms with van der Waals surface area (Å²) in [6.07, 6.45) is 0. The zero-order valence-electron chi connectivity index (χ0n) is 11.1. The van der Waals surface area contributed by atoms with Gasteiger partial charge >= 0.3 is 0 Å². The third kappa shape index (κ3) is 3.46. The number of carbonyl (C=O) groups excluding carboxylic acids is 1. The third-order valence-electron chi connectivity index (χ3n) is 3.01. The lowest BCUT2D eigenvalue weighted by Crippen LogP contribution is -2.18. The topological polar surface area (TPSA) is 55.1 Å². The van der Waals surface area contributed by atoms with Crippen molar-refractivity contribution in [1.29, 1.82) is 0 Å². The summed E-state index contributed by atoms with van der Waals surface area (Å²) in [4.78, 5) is 12.4. The van der Waals surface area contributed by atoms with Crippen molar-refractivity contribution in [3.05, 3.63) is 63.4 Å². The van der Waals surface area contributed by atoms with Gasteiger partial charge in [-0.1, -0.05) is 34.2 Å². The van der Waals surface area contributed by atoms with E-state index in [4.69, 9.17) is 18.0 Å². The highest BCUT2D eigenvalue weighted by atomic mass is 79.9. The van der Waals surface area contributed by atoms with Crippen LogP contribution in [0.4, 0.5) is 10.1 Å². The van der Waals surface area contributed by atoms with Crippen LogP contribution in [0.25, 0.3) is 0 Å². The summed E-state index contributed by atoms with van der Waals surface area (Å²) < 4.78 is 14.1. The zero-order valence-corrected chi connectivity index (χ0v) is 13.5. The summed E-state index contributed by atoms with van der Waals surface area (Å²) in [5.41, 5.74) is 7.57. The van der Waals surface area contributed by atoms with Gasteiger partial charge in [0.25, 0.3) is 5.91 Å². The number of amides is 1.